The molecule has 1 aliphatic rings. The molecule has 1 N–H and O–H groups in total. The fourth-order valence-electron chi connectivity index (χ4n) is 3.43. The highest BCUT2D eigenvalue weighted by atomic mass is 35.5. The zero-order valence-corrected chi connectivity index (χ0v) is 17.7. The summed E-state index contributed by atoms with van der Waals surface area (Å²) in [5.41, 5.74) is 1.49. The molecule has 2 aromatic heterocycles. The number of imidazole rings is 1. The molecule has 0 bridgehead atoms. The van der Waals surface area contributed by atoms with Gasteiger partial charge in [-0.15, -0.1) is 11.3 Å². The molecule has 148 valence electrons. The van der Waals surface area contributed by atoms with E-state index in [1.54, 1.807) is 35.9 Å². The number of thiophene rings is 1. The summed E-state index contributed by atoms with van der Waals surface area (Å²) in [6.45, 7) is 2.19. The minimum absolute atomic E-state index is 0.266. The van der Waals surface area contributed by atoms with Crippen molar-refractivity contribution in [2.75, 3.05) is 11.9 Å². The van der Waals surface area contributed by atoms with E-state index in [1.165, 1.54) is 15.6 Å². The van der Waals surface area contributed by atoms with Crippen molar-refractivity contribution in [1.29, 1.82) is 0 Å². The van der Waals surface area contributed by atoms with Gasteiger partial charge in [-0.3, -0.25) is 10.1 Å². The SMILES string of the molecule is Cc1ccc(S(=O)(=O)N2CCCC2C(=O)Nc2nc3cc(Cl)ccc3n2C)s1. The van der Waals surface area contributed by atoms with Crippen LogP contribution in [0.15, 0.2) is 34.5 Å². The van der Waals surface area contributed by atoms with E-state index >= 15 is 0 Å². The average molecular weight is 439 g/mol. The molecule has 1 aliphatic heterocycles. The van der Waals surface area contributed by atoms with Gasteiger partial charge in [0.1, 0.15) is 10.3 Å². The maximum absolute atomic E-state index is 13.0. The van der Waals surface area contributed by atoms with E-state index < -0.39 is 16.1 Å². The number of amides is 1. The molecule has 0 radical (unpaired) electrons. The summed E-state index contributed by atoms with van der Waals surface area (Å²) in [7, 11) is -1.91. The Labute approximate surface area is 172 Å². The number of aromatic nitrogens is 2. The van der Waals surface area contributed by atoms with E-state index in [0.717, 1.165) is 10.4 Å². The third-order valence-corrected chi connectivity index (χ3v) is 8.47. The van der Waals surface area contributed by atoms with Crippen LogP contribution in [0.4, 0.5) is 5.95 Å². The molecular formula is C18H19ClN4O3S2. The molecule has 3 heterocycles. The maximum atomic E-state index is 13.0. The van der Waals surface area contributed by atoms with Gasteiger partial charge in [0.15, 0.2) is 0 Å². The standard InChI is InChI=1S/C18H19ClN4O3S2/c1-11-5-8-16(27-11)28(25,26)23-9-3-4-15(23)17(24)21-18-20-13-10-12(19)6-7-14(13)22(18)2/h5-8,10,15H,3-4,9H2,1-2H3,(H,20,21,24). The number of hydrogen-bond acceptors (Lipinski definition) is 5. The number of carbonyl (C=O) groups is 1. The third kappa shape index (κ3) is 3.32. The number of fused-ring (bicyclic) bond motifs is 1. The average Bonchev–Trinajstić information content (AvgIpc) is 3.35. The van der Waals surface area contributed by atoms with Crippen molar-refractivity contribution >= 4 is 55.8 Å². The second kappa shape index (κ2) is 7.14. The fraction of sp³-hybridized carbons (Fsp3) is 0.333. The summed E-state index contributed by atoms with van der Waals surface area (Å²) in [5, 5.41) is 3.35. The number of nitrogens with one attached hydrogen (secondary N) is 1. The summed E-state index contributed by atoms with van der Waals surface area (Å²) in [5.74, 6) is -0.0164. The first-order valence-corrected chi connectivity index (χ1v) is 11.4. The van der Waals surface area contributed by atoms with E-state index in [-0.39, 0.29) is 10.1 Å². The number of hydrogen-bond donors (Lipinski definition) is 1. The van der Waals surface area contributed by atoms with Gasteiger partial charge in [-0.25, -0.2) is 13.4 Å². The van der Waals surface area contributed by atoms with Crippen molar-refractivity contribution in [2.24, 2.45) is 7.05 Å². The van der Waals surface area contributed by atoms with Crippen molar-refractivity contribution in [3.63, 3.8) is 0 Å². The van der Waals surface area contributed by atoms with Gasteiger partial charge in [0.05, 0.1) is 11.0 Å². The number of rotatable bonds is 4. The zero-order chi connectivity index (χ0) is 20.1. The molecule has 1 atom stereocenters. The van der Waals surface area contributed by atoms with E-state index in [2.05, 4.69) is 10.3 Å². The lowest BCUT2D eigenvalue weighted by Gasteiger charge is -2.22. The molecule has 1 aromatic carbocycles. The predicted molar refractivity (Wildman–Crippen MR) is 110 cm³/mol. The van der Waals surface area contributed by atoms with Crippen LogP contribution in [0.5, 0.6) is 0 Å². The Kier molecular flexibility index (Phi) is 4.95. The number of nitrogens with zero attached hydrogens (tertiary/aromatic N) is 3. The van der Waals surface area contributed by atoms with Crippen molar-refractivity contribution in [1.82, 2.24) is 13.9 Å². The van der Waals surface area contributed by atoms with Crippen molar-refractivity contribution in [3.05, 3.63) is 40.2 Å². The highest BCUT2D eigenvalue weighted by Gasteiger charge is 2.40. The lowest BCUT2D eigenvalue weighted by atomic mass is 10.2. The molecule has 28 heavy (non-hydrogen) atoms. The van der Waals surface area contributed by atoms with Crippen LogP contribution >= 0.6 is 22.9 Å². The predicted octanol–water partition coefficient (Wildman–Crippen LogP) is 3.39. The Hall–Kier alpha value is -1.94. The first-order chi connectivity index (χ1) is 13.3. The summed E-state index contributed by atoms with van der Waals surface area (Å²) >= 11 is 7.23. The smallest absolute Gasteiger partial charge is 0.253 e. The number of anilines is 1. The molecule has 0 spiro atoms. The van der Waals surface area contributed by atoms with Gasteiger partial charge in [0.2, 0.25) is 11.9 Å². The minimum atomic E-state index is -3.70. The largest absolute Gasteiger partial charge is 0.313 e. The van der Waals surface area contributed by atoms with Crippen LogP contribution in [0, 0.1) is 6.92 Å². The molecular weight excluding hydrogens is 420 g/mol. The number of sulfonamides is 1. The molecule has 1 fully saturated rings. The van der Waals surface area contributed by atoms with E-state index in [0.29, 0.717) is 35.9 Å². The Morgan fingerprint density at radius 1 is 1.32 bits per heavy atom. The molecule has 10 heteroatoms. The molecule has 3 aromatic rings. The van der Waals surface area contributed by atoms with Crippen LogP contribution in [-0.2, 0) is 21.9 Å². The zero-order valence-electron chi connectivity index (χ0n) is 15.3. The normalized spacial score (nSPS) is 18.0. The van der Waals surface area contributed by atoms with E-state index in [4.69, 9.17) is 11.6 Å². The fourth-order valence-corrected chi connectivity index (χ4v) is 6.67. The Morgan fingerprint density at radius 3 is 2.82 bits per heavy atom. The van der Waals surface area contributed by atoms with Gasteiger partial charge in [-0.1, -0.05) is 11.6 Å². The number of benzene rings is 1. The topological polar surface area (TPSA) is 84.3 Å². The highest BCUT2D eigenvalue weighted by molar-refractivity contribution is 7.91. The Balaban J connectivity index is 1.60. The molecule has 7 nitrogen and oxygen atoms in total. The second-order valence-corrected chi connectivity index (χ2v) is 10.6. The van der Waals surface area contributed by atoms with Gasteiger partial charge in [-0.05, 0) is 50.1 Å². The van der Waals surface area contributed by atoms with Crippen LogP contribution in [0.1, 0.15) is 17.7 Å². The first kappa shape index (κ1) is 19.4. The molecule has 0 saturated carbocycles. The second-order valence-electron chi connectivity index (χ2n) is 6.76. The van der Waals surface area contributed by atoms with Gasteiger partial charge in [0, 0.05) is 23.5 Å². The van der Waals surface area contributed by atoms with Gasteiger partial charge in [-0.2, -0.15) is 4.31 Å². The van der Waals surface area contributed by atoms with Crippen LogP contribution in [0.2, 0.25) is 5.02 Å². The van der Waals surface area contributed by atoms with E-state index in [9.17, 15) is 13.2 Å². The highest BCUT2D eigenvalue weighted by Crippen LogP contribution is 2.31. The Bertz CT molecular complexity index is 1170. The lowest BCUT2D eigenvalue weighted by molar-refractivity contribution is -0.119. The minimum Gasteiger partial charge on any atom is -0.313 e. The summed E-state index contributed by atoms with van der Waals surface area (Å²) in [6, 6.07) is 7.91. The van der Waals surface area contributed by atoms with Crippen molar-refractivity contribution in [3.8, 4) is 0 Å². The van der Waals surface area contributed by atoms with Gasteiger partial charge in [0.25, 0.3) is 10.0 Å². The molecule has 4 rings (SSSR count). The van der Waals surface area contributed by atoms with Gasteiger partial charge < -0.3 is 4.57 Å². The Morgan fingerprint density at radius 2 is 2.11 bits per heavy atom. The third-order valence-electron chi connectivity index (χ3n) is 4.86. The molecule has 1 amide bonds. The van der Waals surface area contributed by atoms with Crippen LogP contribution < -0.4 is 5.32 Å². The number of aryl methyl sites for hydroxylation is 2. The maximum Gasteiger partial charge on any atom is 0.253 e. The monoisotopic (exact) mass is 438 g/mol. The van der Waals surface area contributed by atoms with Crippen molar-refractivity contribution in [2.45, 2.75) is 30.0 Å². The molecule has 1 unspecified atom stereocenters. The summed E-state index contributed by atoms with van der Waals surface area (Å²) in [6.07, 6.45) is 1.12. The van der Waals surface area contributed by atoms with Crippen LogP contribution in [0.3, 0.4) is 0 Å². The first-order valence-electron chi connectivity index (χ1n) is 8.78. The van der Waals surface area contributed by atoms with E-state index in [1.807, 2.05) is 13.0 Å². The van der Waals surface area contributed by atoms with Crippen LogP contribution in [0.25, 0.3) is 11.0 Å². The quantitative estimate of drug-likeness (QED) is 0.676. The summed E-state index contributed by atoms with van der Waals surface area (Å²) < 4.78 is 29.3. The lowest BCUT2D eigenvalue weighted by Crippen LogP contribution is -2.43. The van der Waals surface area contributed by atoms with Gasteiger partial charge >= 0.3 is 0 Å². The number of carbonyl (C=O) groups excluding carboxylic acids is 1. The molecule has 1 saturated heterocycles. The summed E-state index contributed by atoms with van der Waals surface area (Å²) in [4.78, 5) is 18.2. The number of halogens is 1. The molecule has 0 aliphatic carbocycles. The van der Waals surface area contributed by atoms with Crippen LogP contribution in [-0.4, -0.2) is 40.8 Å². The van der Waals surface area contributed by atoms with Crippen molar-refractivity contribution < 1.29 is 13.2 Å².